The summed E-state index contributed by atoms with van der Waals surface area (Å²) in [6.07, 6.45) is 7.46. The Kier molecular flexibility index (Phi) is 4.44. The van der Waals surface area contributed by atoms with Crippen molar-refractivity contribution in [2.24, 2.45) is 5.92 Å². The van der Waals surface area contributed by atoms with Crippen LogP contribution in [0.4, 0.5) is 5.69 Å². The van der Waals surface area contributed by atoms with E-state index in [2.05, 4.69) is 23.5 Å². The molecule has 1 aromatic rings. The molecule has 0 unspecified atom stereocenters. The van der Waals surface area contributed by atoms with Crippen LogP contribution in [0, 0.1) is 17.2 Å². The van der Waals surface area contributed by atoms with Crippen LogP contribution in [0.15, 0.2) is 24.3 Å². The smallest absolute Gasteiger partial charge is 0.0669 e. The van der Waals surface area contributed by atoms with Crippen molar-refractivity contribution in [3.8, 4) is 6.07 Å². The minimum absolute atomic E-state index is 0.503. The van der Waals surface area contributed by atoms with Crippen LogP contribution in [0.5, 0.6) is 0 Å². The number of rotatable bonds is 4. The second-order valence-corrected chi connectivity index (χ2v) is 4.92. The largest absolute Gasteiger partial charge is 0.385 e. The molecule has 0 amide bonds. The first kappa shape index (κ1) is 12.0. The van der Waals surface area contributed by atoms with Crippen LogP contribution < -0.4 is 5.32 Å². The summed E-state index contributed by atoms with van der Waals surface area (Å²) in [6.45, 7) is 1.09. The molecule has 2 rings (SSSR count). The molecular formula is C15H20N2. The Hall–Kier alpha value is -1.49. The van der Waals surface area contributed by atoms with E-state index in [1.165, 1.54) is 37.8 Å². The Morgan fingerprint density at radius 3 is 2.47 bits per heavy atom. The number of nitriles is 1. The average Bonchev–Trinajstić information content (AvgIpc) is 2.40. The zero-order chi connectivity index (χ0) is 11.9. The van der Waals surface area contributed by atoms with Crippen molar-refractivity contribution in [1.29, 1.82) is 5.26 Å². The van der Waals surface area contributed by atoms with Gasteiger partial charge in [-0.15, -0.1) is 0 Å². The van der Waals surface area contributed by atoms with E-state index in [1.54, 1.807) is 0 Å². The molecule has 2 heteroatoms. The summed E-state index contributed by atoms with van der Waals surface area (Å²) >= 11 is 0. The van der Waals surface area contributed by atoms with E-state index in [0.717, 1.165) is 18.0 Å². The van der Waals surface area contributed by atoms with Gasteiger partial charge in [0.2, 0.25) is 0 Å². The van der Waals surface area contributed by atoms with Crippen LogP contribution in [-0.4, -0.2) is 6.54 Å². The van der Waals surface area contributed by atoms with E-state index >= 15 is 0 Å². The average molecular weight is 228 g/mol. The maximum absolute atomic E-state index is 8.60. The number of hydrogen-bond donors (Lipinski definition) is 1. The molecule has 90 valence electrons. The zero-order valence-electron chi connectivity index (χ0n) is 10.3. The standard InChI is InChI=1S/C15H20N2/c16-11-10-13-6-8-15(9-7-13)17-12-14-4-2-1-3-5-14/h6-9,14,17H,1-5,10,12H2. The summed E-state index contributed by atoms with van der Waals surface area (Å²) < 4.78 is 0. The van der Waals surface area contributed by atoms with Gasteiger partial charge in [0, 0.05) is 12.2 Å². The molecule has 0 atom stereocenters. The topological polar surface area (TPSA) is 35.8 Å². The molecule has 1 aromatic carbocycles. The molecule has 1 aliphatic carbocycles. The van der Waals surface area contributed by atoms with Gasteiger partial charge in [0.15, 0.2) is 0 Å². The second-order valence-electron chi connectivity index (χ2n) is 4.92. The molecule has 0 radical (unpaired) electrons. The molecule has 1 N–H and O–H groups in total. The SMILES string of the molecule is N#CCc1ccc(NCC2CCCCC2)cc1. The molecule has 1 aliphatic rings. The maximum Gasteiger partial charge on any atom is 0.0669 e. The van der Waals surface area contributed by atoms with Gasteiger partial charge in [-0.2, -0.15) is 5.26 Å². The quantitative estimate of drug-likeness (QED) is 0.852. The van der Waals surface area contributed by atoms with Gasteiger partial charge in [-0.1, -0.05) is 31.4 Å². The number of nitrogens with zero attached hydrogens (tertiary/aromatic N) is 1. The van der Waals surface area contributed by atoms with Gasteiger partial charge in [0.25, 0.3) is 0 Å². The maximum atomic E-state index is 8.60. The predicted molar refractivity (Wildman–Crippen MR) is 70.8 cm³/mol. The van der Waals surface area contributed by atoms with E-state index in [4.69, 9.17) is 5.26 Å². The van der Waals surface area contributed by atoms with Crippen LogP contribution in [0.2, 0.25) is 0 Å². The summed E-state index contributed by atoms with van der Waals surface area (Å²) in [5.41, 5.74) is 2.27. The minimum atomic E-state index is 0.503. The summed E-state index contributed by atoms with van der Waals surface area (Å²) in [5, 5.41) is 12.1. The zero-order valence-corrected chi connectivity index (χ0v) is 10.3. The lowest BCUT2D eigenvalue weighted by Crippen LogP contribution is -2.16. The fourth-order valence-corrected chi connectivity index (χ4v) is 2.49. The van der Waals surface area contributed by atoms with Crippen molar-refractivity contribution < 1.29 is 0 Å². The Labute approximate surface area is 104 Å². The Morgan fingerprint density at radius 1 is 1.12 bits per heavy atom. The lowest BCUT2D eigenvalue weighted by molar-refractivity contribution is 0.373. The van der Waals surface area contributed by atoms with Crippen molar-refractivity contribution in [2.45, 2.75) is 38.5 Å². The number of anilines is 1. The summed E-state index contributed by atoms with van der Waals surface area (Å²) in [6, 6.07) is 10.4. The van der Waals surface area contributed by atoms with Gasteiger partial charge < -0.3 is 5.32 Å². The van der Waals surface area contributed by atoms with Crippen molar-refractivity contribution in [1.82, 2.24) is 0 Å². The van der Waals surface area contributed by atoms with Gasteiger partial charge in [-0.05, 0) is 36.5 Å². The molecule has 1 saturated carbocycles. The van der Waals surface area contributed by atoms with Crippen LogP contribution in [0.1, 0.15) is 37.7 Å². The monoisotopic (exact) mass is 228 g/mol. The third kappa shape index (κ3) is 3.78. The lowest BCUT2D eigenvalue weighted by Gasteiger charge is -2.22. The van der Waals surface area contributed by atoms with E-state index in [-0.39, 0.29) is 0 Å². The van der Waals surface area contributed by atoms with Gasteiger partial charge in [-0.25, -0.2) is 0 Å². The summed E-state index contributed by atoms with van der Waals surface area (Å²) in [4.78, 5) is 0. The lowest BCUT2D eigenvalue weighted by atomic mass is 9.89. The number of hydrogen-bond acceptors (Lipinski definition) is 2. The molecule has 1 fully saturated rings. The molecule has 0 heterocycles. The molecule has 0 spiro atoms. The Bertz CT molecular complexity index is 369. The fourth-order valence-electron chi connectivity index (χ4n) is 2.49. The van der Waals surface area contributed by atoms with Crippen molar-refractivity contribution >= 4 is 5.69 Å². The fraction of sp³-hybridized carbons (Fsp3) is 0.533. The molecule has 0 bridgehead atoms. The molecule has 0 aliphatic heterocycles. The van der Waals surface area contributed by atoms with E-state index in [0.29, 0.717) is 6.42 Å². The van der Waals surface area contributed by atoms with Crippen LogP contribution >= 0.6 is 0 Å². The first-order valence-electron chi connectivity index (χ1n) is 6.58. The third-order valence-electron chi connectivity index (χ3n) is 3.56. The van der Waals surface area contributed by atoms with E-state index in [1.807, 2.05) is 12.1 Å². The number of benzene rings is 1. The highest BCUT2D eigenvalue weighted by Crippen LogP contribution is 2.24. The number of nitrogens with one attached hydrogen (secondary N) is 1. The first-order chi connectivity index (χ1) is 8.38. The van der Waals surface area contributed by atoms with Crippen molar-refractivity contribution in [2.75, 3.05) is 11.9 Å². The summed E-state index contributed by atoms with van der Waals surface area (Å²) in [5.74, 6) is 0.850. The van der Waals surface area contributed by atoms with Gasteiger partial charge in [-0.3, -0.25) is 0 Å². The highest BCUT2D eigenvalue weighted by molar-refractivity contribution is 5.45. The van der Waals surface area contributed by atoms with Crippen LogP contribution in [0.3, 0.4) is 0 Å². The van der Waals surface area contributed by atoms with Crippen LogP contribution in [-0.2, 0) is 6.42 Å². The van der Waals surface area contributed by atoms with Gasteiger partial charge >= 0.3 is 0 Å². The molecule has 0 aromatic heterocycles. The van der Waals surface area contributed by atoms with Crippen molar-refractivity contribution in [3.63, 3.8) is 0 Å². The molecule has 17 heavy (non-hydrogen) atoms. The Morgan fingerprint density at radius 2 is 1.82 bits per heavy atom. The molecule has 2 nitrogen and oxygen atoms in total. The first-order valence-corrected chi connectivity index (χ1v) is 6.58. The van der Waals surface area contributed by atoms with Crippen LogP contribution in [0.25, 0.3) is 0 Å². The highest BCUT2D eigenvalue weighted by Gasteiger charge is 2.12. The summed E-state index contributed by atoms with van der Waals surface area (Å²) in [7, 11) is 0. The second kappa shape index (κ2) is 6.30. The Balaban J connectivity index is 1.80. The third-order valence-corrected chi connectivity index (χ3v) is 3.56. The van der Waals surface area contributed by atoms with Gasteiger partial charge in [0.05, 0.1) is 12.5 Å². The minimum Gasteiger partial charge on any atom is -0.385 e. The predicted octanol–water partition coefficient (Wildman–Crippen LogP) is 3.74. The normalized spacial score (nSPS) is 16.4. The van der Waals surface area contributed by atoms with E-state index < -0.39 is 0 Å². The molecular weight excluding hydrogens is 208 g/mol. The van der Waals surface area contributed by atoms with Gasteiger partial charge in [0.1, 0.15) is 0 Å². The molecule has 0 saturated heterocycles. The van der Waals surface area contributed by atoms with Crippen molar-refractivity contribution in [3.05, 3.63) is 29.8 Å². The van der Waals surface area contributed by atoms with E-state index in [9.17, 15) is 0 Å². The highest BCUT2D eigenvalue weighted by atomic mass is 14.9.